The summed E-state index contributed by atoms with van der Waals surface area (Å²) in [5, 5.41) is 12.7. The van der Waals surface area contributed by atoms with Crippen LogP contribution in [-0.4, -0.2) is 26.8 Å². The van der Waals surface area contributed by atoms with E-state index in [4.69, 9.17) is 10.9 Å². The largest absolute Gasteiger partial charge is 0.409 e. The quantitative estimate of drug-likeness (QED) is 0.151. The second-order valence-corrected chi connectivity index (χ2v) is 5.84. The standard InChI is InChI=1S/C12H20N4OS/c1-12(2,11(13)16-17)6-3-4-8-18-10-5-7-14-9-15-10/h5,7,9,17H,3-4,6,8H2,1-2H3,(H2,13,16). The lowest BCUT2D eigenvalue weighted by Crippen LogP contribution is -2.31. The molecule has 0 atom stereocenters. The molecular formula is C12H20N4OS. The van der Waals surface area contributed by atoms with Gasteiger partial charge in [0.15, 0.2) is 0 Å². The Morgan fingerprint density at radius 1 is 1.50 bits per heavy atom. The van der Waals surface area contributed by atoms with Gasteiger partial charge in [0.05, 0.1) is 5.03 Å². The topological polar surface area (TPSA) is 84.4 Å². The molecule has 1 heterocycles. The van der Waals surface area contributed by atoms with Crippen LogP contribution in [0.25, 0.3) is 0 Å². The Bertz CT molecular complexity index is 381. The van der Waals surface area contributed by atoms with Crippen molar-refractivity contribution in [3.8, 4) is 0 Å². The molecule has 1 rings (SSSR count). The number of amidine groups is 1. The third kappa shape index (κ3) is 4.91. The van der Waals surface area contributed by atoms with Crippen molar-refractivity contribution in [1.29, 1.82) is 0 Å². The predicted octanol–water partition coefficient (Wildman–Crippen LogP) is 2.51. The number of unbranched alkanes of at least 4 members (excludes halogenated alkanes) is 1. The van der Waals surface area contributed by atoms with Crippen molar-refractivity contribution in [2.75, 3.05) is 5.75 Å². The summed E-state index contributed by atoms with van der Waals surface area (Å²) in [6.45, 7) is 3.97. The third-order valence-corrected chi connectivity index (χ3v) is 3.83. The maximum absolute atomic E-state index is 8.67. The van der Waals surface area contributed by atoms with E-state index in [2.05, 4.69) is 15.1 Å². The van der Waals surface area contributed by atoms with Gasteiger partial charge in [-0.1, -0.05) is 25.4 Å². The van der Waals surface area contributed by atoms with Crippen molar-refractivity contribution < 1.29 is 5.21 Å². The summed E-state index contributed by atoms with van der Waals surface area (Å²) in [6.07, 6.45) is 6.34. The summed E-state index contributed by atoms with van der Waals surface area (Å²) in [5.74, 6) is 1.31. The van der Waals surface area contributed by atoms with Crippen molar-refractivity contribution in [2.45, 2.75) is 38.1 Å². The summed E-state index contributed by atoms with van der Waals surface area (Å²) < 4.78 is 0. The SMILES string of the molecule is CC(C)(CCCCSc1ccncn1)/C(N)=N/O. The fraction of sp³-hybridized carbons (Fsp3) is 0.583. The Hall–Kier alpha value is -1.30. The van der Waals surface area contributed by atoms with Crippen molar-refractivity contribution in [1.82, 2.24) is 9.97 Å². The Morgan fingerprint density at radius 2 is 2.28 bits per heavy atom. The van der Waals surface area contributed by atoms with Crippen molar-refractivity contribution >= 4 is 17.6 Å². The summed E-state index contributed by atoms with van der Waals surface area (Å²) in [7, 11) is 0. The summed E-state index contributed by atoms with van der Waals surface area (Å²) in [4.78, 5) is 8.02. The van der Waals surface area contributed by atoms with E-state index in [1.165, 1.54) is 0 Å². The van der Waals surface area contributed by atoms with E-state index in [9.17, 15) is 0 Å². The predicted molar refractivity (Wildman–Crippen MR) is 73.8 cm³/mol. The molecular weight excluding hydrogens is 248 g/mol. The zero-order valence-electron chi connectivity index (χ0n) is 10.8. The van der Waals surface area contributed by atoms with Gasteiger partial charge in [0.2, 0.25) is 0 Å². The highest BCUT2D eigenvalue weighted by Gasteiger charge is 2.22. The fourth-order valence-electron chi connectivity index (χ4n) is 1.47. The number of nitrogens with two attached hydrogens (primary N) is 1. The van der Waals surface area contributed by atoms with Crippen LogP contribution in [0.2, 0.25) is 0 Å². The summed E-state index contributed by atoms with van der Waals surface area (Å²) in [5.41, 5.74) is 5.39. The number of hydrogen-bond acceptors (Lipinski definition) is 5. The lowest BCUT2D eigenvalue weighted by molar-refractivity contribution is 0.304. The molecule has 0 aliphatic heterocycles. The van der Waals surface area contributed by atoms with Crippen LogP contribution in [-0.2, 0) is 0 Å². The number of rotatable bonds is 7. The zero-order valence-corrected chi connectivity index (χ0v) is 11.7. The minimum Gasteiger partial charge on any atom is -0.409 e. The normalized spacial score (nSPS) is 12.7. The van der Waals surface area contributed by atoms with Crippen LogP contribution in [0.3, 0.4) is 0 Å². The first kappa shape index (κ1) is 14.8. The Labute approximate surface area is 112 Å². The molecule has 1 aromatic heterocycles. The smallest absolute Gasteiger partial charge is 0.144 e. The average molecular weight is 268 g/mol. The molecule has 0 fully saturated rings. The summed E-state index contributed by atoms with van der Waals surface area (Å²) >= 11 is 1.72. The number of hydrogen-bond donors (Lipinski definition) is 2. The lowest BCUT2D eigenvalue weighted by Gasteiger charge is -2.22. The van der Waals surface area contributed by atoms with Gasteiger partial charge in [-0.15, -0.1) is 11.8 Å². The Balaban J connectivity index is 2.20. The van der Waals surface area contributed by atoms with Gasteiger partial charge < -0.3 is 10.9 Å². The minimum atomic E-state index is -0.242. The van der Waals surface area contributed by atoms with Gasteiger partial charge in [0, 0.05) is 11.6 Å². The number of oxime groups is 1. The van der Waals surface area contributed by atoms with Gasteiger partial charge in [-0.25, -0.2) is 9.97 Å². The lowest BCUT2D eigenvalue weighted by atomic mass is 9.86. The molecule has 5 nitrogen and oxygen atoms in total. The third-order valence-electron chi connectivity index (χ3n) is 2.80. The van der Waals surface area contributed by atoms with Crippen LogP contribution in [0.4, 0.5) is 0 Å². The molecule has 1 aromatic rings. The molecule has 0 saturated carbocycles. The molecule has 18 heavy (non-hydrogen) atoms. The highest BCUT2D eigenvalue weighted by molar-refractivity contribution is 7.99. The van der Waals surface area contributed by atoms with Crippen LogP contribution in [0.5, 0.6) is 0 Å². The van der Waals surface area contributed by atoms with Crippen molar-refractivity contribution in [2.24, 2.45) is 16.3 Å². The second kappa shape index (κ2) is 7.20. The van der Waals surface area contributed by atoms with Gasteiger partial charge >= 0.3 is 0 Å². The Kier molecular flexibility index (Phi) is 5.91. The van der Waals surface area contributed by atoms with E-state index in [-0.39, 0.29) is 5.41 Å². The molecule has 0 radical (unpaired) electrons. The van der Waals surface area contributed by atoms with Crippen LogP contribution < -0.4 is 5.73 Å². The molecule has 0 unspecified atom stereocenters. The zero-order chi connectivity index (χ0) is 13.4. The van der Waals surface area contributed by atoms with Crippen molar-refractivity contribution in [3.05, 3.63) is 18.6 Å². The maximum atomic E-state index is 8.67. The maximum Gasteiger partial charge on any atom is 0.144 e. The first-order valence-corrected chi connectivity index (χ1v) is 6.91. The number of thioether (sulfide) groups is 1. The van der Waals surface area contributed by atoms with Crippen molar-refractivity contribution in [3.63, 3.8) is 0 Å². The van der Waals surface area contributed by atoms with Crippen LogP contribution in [0, 0.1) is 5.41 Å². The molecule has 100 valence electrons. The highest BCUT2D eigenvalue weighted by Crippen LogP contribution is 2.24. The van der Waals surface area contributed by atoms with Gasteiger partial charge in [0.25, 0.3) is 0 Å². The van der Waals surface area contributed by atoms with Gasteiger partial charge in [-0.2, -0.15) is 0 Å². The van der Waals surface area contributed by atoms with Gasteiger partial charge in [0.1, 0.15) is 12.2 Å². The van der Waals surface area contributed by atoms with E-state index in [0.29, 0.717) is 5.84 Å². The minimum absolute atomic E-state index is 0.242. The molecule has 0 spiro atoms. The molecule has 0 saturated heterocycles. The van der Waals surface area contributed by atoms with E-state index in [1.807, 2.05) is 19.9 Å². The molecule has 0 bridgehead atoms. The van der Waals surface area contributed by atoms with E-state index >= 15 is 0 Å². The molecule has 0 aliphatic carbocycles. The number of aromatic nitrogens is 2. The molecule has 6 heteroatoms. The fourth-order valence-corrected chi connectivity index (χ4v) is 2.31. The van der Waals surface area contributed by atoms with Gasteiger partial charge in [-0.3, -0.25) is 0 Å². The molecule has 0 aromatic carbocycles. The number of nitrogens with zero attached hydrogens (tertiary/aromatic N) is 3. The molecule has 0 amide bonds. The van der Waals surface area contributed by atoms with Crippen LogP contribution >= 0.6 is 11.8 Å². The van der Waals surface area contributed by atoms with Crippen LogP contribution in [0.1, 0.15) is 33.1 Å². The van der Waals surface area contributed by atoms with E-state index in [1.54, 1.807) is 24.3 Å². The average Bonchev–Trinajstić information content (AvgIpc) is 2.38. The summed E-state index contributed by atoms with van der Waals surface area (Å²) in [6, 6.07) is 1.91. The first-order chi connectivity index (χ1) is 8.56. The van der Waals surface area contributed by atoms with Gasteiger partial charge in [-0.05, 0) is 24.7 Å². The van der Waals surface area contributed by atoms with E-state index < -0.39 is 0 Å². The second-order valence-electron chi connectivity index (χ2n) is 4.72. The molecule has 0 aliphatic rings. The Morgan fingerprint density at radius 3 is 2.89 bits per heavy atom. The van der Waals surface area contributed by atoms with E-state index in [0.717, 1.165) is 30.0 Å². The monoisotopic (exact) mass is 268 g/mol. The molecule has 3 N–H and O–H groups in total. The first-order valence-electron chi connectivity index (χ1n) is 5.93. The highest BCUT2D eigenvalue weighted by atomic mass is 32.2. The van der Waals surface area contributed by atoms with Crippen LogP contribution in [0.15, 0.2) is 28.8 Å².